The molecule has 0 aliphatic carbocycles. The number of hydrogen-bond acceptors (Lipinski definition) is 2. The smallest absolute Gasteiger partial charge is 0.201 e. The number of carbonyl (C=O) groups excluding carboxylic acids is 1. The van der Waals surface area contributed by atoms with E-state index in [2.05, 4.69) is 15.9 Å². The van der Waals surface area contributed by atoms with E-state index in [0.29, 0.717) is 18.8 Å². The molecule has 0 unspecified atom stereocenters. The first kappa shape index (κ1) is 11.4. The minimum atomic E-state index is 0.0617. The standard InChI is InChI=1S/C13H13BrO2/c14-11-6-2-1-5-10(11)9-12(15)13-7-3-4-8-16-13/h1-2,5-7H,3-4,8-9H2. The van der Waals surface area contributed by atoms with Crippen molar-refractivity contribution in [3.05, 3.63) is 46.1 Å². The summed E-state index contributed by atoms with van der Waals surface area (Å²) in [5.41, 5.74) is 1.00. The van der Waals surface area contributed by atoms with Crippen LogP contribution in [0.2, 0.25) is 0 Å². The van der Waals surface area contributed by atoms with Crippen molar-refractivity contribution in [2.24, 2.45) is 0 Å². The van der Waals surface area contributed by atoms with Gasteiger partial charge in [0.1, 0.15) is 0 Å². The first-order chi connectivity index (χ1) is 7.77. The Morgan fingerprint density at radius 1 is 1.38 bits per heavy atom. The Balaban J connectivity index is 2.07. The fraction of sp³-hybridized carbons (Fsp3) is 0.308. The Labute approximate surface area is 103 Å². The van der Waals surface area contributed by atoms with Crippen LogP contribution in [-0.4, -0.2) is 12.4 Å². The van der Waals surface area contributed by atoms with Gasteiger partial charge in [0.2, 0.25) is 5.78 Å². The third-order valence-electron chi connectivity index (χ3n) is 2.52. The topological polar surface area (TPSA) is 26.3 Å². The Kier molecular flexibility index (Phi) is 3.78. The van der Waals surface area contributed by atoms with Gasteiger partial charge in [-0.05, 0) is 30.5 Å². The van der Waals surface area contributed by atoms with Crippen LogP contribution in [0.4, 0.5) is 0 Å². The molecular formula is C13H13BrO2. The Hall–Kier alpha value is -1.09. The monoisotopic (exact) mass is 280 g/mol. The van der Waals surface area contributed by atoms with Crippen LogP contribution in [0.25, 0.3) is 0 Å². The number of rotatable bonds is 3. The molecule has 0 bridgehead atoms. The number of allylic oxidation sites excluding steroid dienone is 2. The maximum atomic E-state index is 11.9. The molecule has 0 atom stereocenters. The lowest BCUT2D eigenvalue weighted by atomic mass is 10.1. The summed E-state index contributed by atoms with van der Waals surface area (Å²) in [6, 6.07) is 7.77. The van der Waals surface area contributed by atoms with Gasteiger partial charge in [0.25, 0.3) is 0 Å². The summed E-state index contributed by atoms with van der Waals surface area (Å²) < 4.78 is 6.32. The molecule has 2 nitrogen and oxygen atoms in total. The molecule has 1 aliphatic heterocycles. The zero-order chi connectivity index (χ0) is 11.4. The van der Waals surface area contributed by atoms with Crippen LogP contribution in [0.15, 0.2) is 40.6 Å². The highest BCUT2D eigenvalue weighted by molar-refractivity contribution is 9.10. The normalized spacial score (nSPS) is 15.2. The highest BCUT2D eigenvalue weighted by atomic mass is 79.9. The minimum Gasteiger partial charge on any atom is -0.490 e. The summed E-state index contributed by atoms with van der Waals surface area (Å²) in [5.74, 6) is 0.591. The summed E-state index contributed by atoms with van der Waals surface area (Å²) in [5, 5.41) is 0. The zero-order valence-electron chi connectivity index (χ0n) is 8.91. The van der Waals surface area contributed by atoms with Crippen molar-refractivity contribution < 1.29 is 9.53 Å². The first-order valence-corrected chi connectivity index (χ1v) is 6.16. The molecule has 0 N–H and O–H groups in total. The van der Waals surface area contributed by atoms with Crippen molar-refractivity contribution >= 4 is 21.7 Å². The maximum absolute atomic E-state index is 11.9. The number of carbonyl (C=O) groups is 1. The van der Waals surface area contributed by atoms with Crippen molar-refractivity contribution in [3.63, 3.8) is 0 Å². The van der Waals surface area contributed by atoms with Crippen LogP contribution in [0, 0.1) is 0 Å². The molecule has 1 aromatic carbocycles. The van der Waals surface area contributed by atoms with E-state index < -0.39 is 0 Å². The Morgan fingerprint density at radius 2 is 2.19 bits per heavy atom. The highest BCUT2D eigenvalue weighted by Crippen LogP contribution is 2.19. The number of ketones is 1. The van der Waals surface area contributed by atoms with Crippen LogP contribution in [0.5, 0.6) is 0 Å². The number of benzene rings is 1. The van der Waals surface area contributed by atoms with Crippen LogP contribution >= 0.6 is 15.9 Å². The van der Waals surface area contributed by atoms with Gasteiger partial charge in [-0.3, -0.25) is 4.79 Å². The summed E-state index contributed by atoms with van der Waals surface area (Å²) >= 11 is 3.44. The molecule has 0 fully saturated rings. The van der Waals surface area contributed by atoms with Gasteiger partial charge in [-0.15, -0.1) is 0 Å². The van der Waals surface area contributed by atoms with E-state index in [1.165, 1.54) is 0 Å². The fourth-order valence-corrected chi connectivity index (χ4v) is 2.08. The maximum Gasteiger partial charge on any atom is 0.201 e. The quantitative estimate of drug-likeness (QED) is 0.850. The molecule has 0 saturated carbocycles. The van der Waals surface area contributed by atoms with E-state index in [1.807, 2.05) is 30.3 Å². The van der Waals surface area contributed by atoms with E-state index >= 15 is 0 Å². The lowest BCUT2D eigenvalue weighted by Crippen LogP contribution is -2.13. The van der Waals surface area contributed by atoms with E-state index in [0.717, 1.165) is 22.9 Å². The molecule has 1 aliphatic rings. The van der Waals surface area contributed by atoms with Gasteiger partial charge < -0.3 is 4.74 Å². The predicted molar refractivity (Wildman–Crippen MR) is 66.1 cm³/mol. The van der Waals surface area contributed by atoms with Gasteiger partial charge >= 0.3 is 0 Å². The molecule has 2 rings (SSSR count). The van der Waals surface area contributed by atoms with Gasteiger partial charge in [0.15, 0.2) is 5.76 Å². The predicted octanol–water partition coefficient (Wildman–Crippen LogP) is 3.26. The van der Waals surface area contributed by atoms with Crippen LogP contribution in [0.3, 0.4) is 0 Å². The lowest BCUT2D eigenvalue weighted by Gasteiger charge is -2.13. The van der Waals surface area contributed by atoms with Gasteiger partial charge in [0.05, 0.1) is 6.61 Å². The number of halogens is 1. The largest absolute Gasteiger partial charge is 0.490 e. The average molecular weight is 281 g/mol. The summed E-state index contributed by atoms with van der Waals surface area (Å²) in [6.45, 7) is 0.660. The minimum absolute atomic E-state index is 0.0617. The highest BCUT2D eigenvalue weighted by Gasteiger charge is 2.15. The summed E-state index contributed by atoms with van der Waals surface area (Å²) in [6.07, 6.45) is 4.23. The molecule has 3 heteroatoms. The van der Waals surface area contributed by atoms with Gasteiger partial charge in [-0.25, -0.2) is 0 Å². The molecule has 84 valence electrons. The molecule has 0 spiro atoms. The molecule has 1 aromatic rings. The Morgan fingerprint density at radius 3 is 2.88 bits per heavy atom. The molecule has 0 radical (unpaired) electrons. The zero-order valence-corrected chi connectivity index (χ0v) is 10.5. The molecular weight excluding hydrogens is 268 g/mol. The molecule has 1 heterocycles. The van der Waals surface area contributed by atoms with Crippen LogP contribution in [-0.2, 0) is 16.0 Å². The van der Waals surface area contributed by atoms with Crippen molar-refractivity contribution in [3.8, 4) is 0 Å². The van der Waals surface area contributed by atoms with Crippen molar-refractivity contribution in [1.29, 1.82) is 0 Å². The molecule has 16 heavy (non-hydrogen) atoms. The van der Waals surface area contributed by atoms with E-state index in [9.17, 15) is 4.79 Å². The second-order valence-corrected chi connectivity index (χ2v) is 4.60. The summed E-state index contributed by atoms with van der Waals surface area (Å²) in [7, 11) is 0. The SMILES string of the molecule is O=C(Cc1ccccc1Br)C1=CCCCO1. The second kappa shape index (κ2) is 5.30. The van der Waals surface area contributed by atoms with Crippen molar-refractivity contribution in [2.75, 3.05) is 6.61 Å². The fourth-order valence-electron chi connectivity index (χ4n) is 1.65. The van der Waals surface area contributed by atoms with Gasteiger partial charge in [-0.1, -0.05) is 34.1 Å². The molecule has 0 saturated heterocycles. The average Bonchev–Trinajstić information content (AvgIpc) is 2.33. The third kappa shape index (κ3) is 2.73. The Bertz CT molecular complexity index is 424. The van der Waals surface area contributed by atoms with Crippen LogP contribution < -0.4 is 0 Å². The third-order valence-corrected chi connectivity index (χ3v) is 3.29. The number of hydrogen-bond donors (Lipinski definition) is 0. The van der Waals surface area contributed by atoms with Gasteiger partial charge in [0, 0.05) is 10.9 Å². The number of ether oxygens (including phenoxy) is 1. The van der Waals surface area contributed by atoms with Crippen molar-refractivity contribution in [1.82, 2.24) is 0 Å². The van der Waals surface area contributed by atoms with Crippen molar-refractivity contribution in [2.45, 2.75) is 19.3 Å². The van der Waals surface area contributed by atoms with E-state index in [-0.39, 0.29) is 5.78 Å². The van der Waals surface area contributed by atoms with E-state index in [1.54, 1.807) is 0 Å². The first-order valence-electron chi connectivity index (χ1n) is 5.37. The van der Waals surface area contributed by atoms with Crippen LogP contribution in [0.1, 0.15) is 18.4 Å². The molecule has 0 aromatic heterocycles. The molecule has 0 amide bonds. The lowest BCUT2D eigenvalue weighted by molar-refractivity contribution is -0.118. The van der Waals surface area contributed by atoms with E-state index in [4.69, 9.17) is 4.74 Å². The summed E-state index contributed by atoms with van der Waals surface area (Å²) in [4.78, 5) is 11.9. The van der Waals surface area contributed by atoms with Gasteiger partial charge in [-0.2, -0.15) is 0 Å². The number of Topliss-reactive ketones (excluding diaryl/α,β-unsaturated/α-hetero) is 1. The second-order valence-electron chi connectivity index (χ2n) is 3.75.